The Morgan fingerprint density at radius 2 is 1.65 bits per heavy atom. The van der Waals surface area contributed by atoms with Gasteiger partial charge in [0, 0.05) is 36.7 Å². The van der Waals surface area contributed by atoms with E-state index in [1.807, 2.05) is 55.5 Å². The fourth-order valence-electron chi connectivity index (χ4n) is 3.26. The lowest BCUT2D eigenvalue weighted by Crippen LogP contribution is -2.20. The summed E-state index contributed by atoms with van der Waals surface area (Å²) in [5.41, 5.74) is 3.04. The van der Waals surface area contributed by atoms with Crippen LogP contribution >= 0.6 is 0 Å². The van der Waals surface area contributed by atoms with Crippen LogP contribution in [0.1, 0.15) is 26.3 Å². The number of benzene rings is 2. The van der Waals surface area contributed by atoms with Crippen molar-refractivity contribution in [3.8, 4) is 0 Å². The summed E-state index contributed by atoms with van der Waals surface area (Å²) in [6.07, 6.45) is 4.71. The van der Waals surface area contributed by atoms with Crippen molar-refractivity contribution in [2.45, 2.75) is 6.92 Å². The minimum absolute atomic E-state index is 0.294. The van der Waals surface area contributed by atoms with E-state index in [4.69, 9.17) is 0 Å². The van der Waals surface area contributed by atoms with Crippen LogP contribution in [0.5, 0.6) is 0 Å². The summed E-state index contributed by atoms with van der Waals surface area (Å²) in [6, 6.07) is 16.9. The first kappa shape index (κ1) is 20.0. The van der Waals surface area contributed by atoms with Crippen LogP contribution < -0.4 is 16.0 Å². The number of carbonyl (C=O) groups excluding carboxylic acids is 2. The number of nitrogens with zero attached hydrogens (tertiary/aromatic N) is 2. The molecule has 4 rings (SSSR count). The number of para-hydroxylation sites is 1. The summed E-state index contributed by atoms with van der Waals surface area (Å²) >= 11 is 0. The number of pyridine rings is 2. The van der Waals surface area contributed by atoms with E-state index in [1.165, 1.54) is 12.4 Å². The molecular weight excluding hydrogens is 390 g/mol. The largest absolute Gasteiger partial charge is 0.355 e. The number of fused-ring (bicyclic) bond motifs is 1. The molecule has 4 aromatic rings. The fraction of sp³-hybridized carbons (Fsp3) is 0.0833. The molecule has 0 atom stereocenters. The average molecular weight is 411 g/mol. The number of rotatable bonds is 5. The summed E-state index contributed by atoms with van der Waals surface area (Å²) in [4.78, 5) is 33.8. The highest BCUT2D eigenvalue weighted by molar-refractivity contribution is 6.13. The van der Waals surface area contributed by atoms with Crippen LogP contribution in [0.4, 0.5) is 17.2 Å². The molecule has 154 valence electrons. The average Bonchev–Trinajstić information content (AvgIpc) is 2.80. The van der Waals surface area contributed by atoms with Gasteiger partial charge in [0.05, 0.1) is 16.8 Å². The Balaban J connectivity index is 1.73. The van der Waals surface area contributed by atoms with Gasteiger partial charge in [0.15, 0.2) is 5.82 Å². The molecule has 2 aromatic carbocycles. The monoisotopic (exact) mass is 411 g/mol. The van der Waals surface area contributed by atoms with Crippen molar-refractivity contribution in [3.63, 3.8) is 0 Å². The third-order valence-electron chi connectivity index (χ3n) is 4.94. The Labute approximate surface area is 179 Å². The fourth-order valence-corrected chi connectivity index (χ4v) is 3.26. The van der Waals surface area contributed by atoms with Crippen LogP contribution in [0.25, 0.3) is 10.8 Å². The van der Waals surface area contributed by atoms with Crippen LogP contribution in [-0.2, 0) is 0 Å². The molecule has 0 aliphatic rings. The zero-order valence-corrected chi connectivity index (χ0v) is 17.1. The summed E-state index contributed by atoms with van der Waals surface area (Å²) in [6.45, 7) is 1.97. The first-order valence-electron chi connectivity index (χ1n) is 9.75. The van der Waals surface area contributed by atoms with E-state index < -0.39 is 0 Å². The van der Waals surface area contributed by atoms with Gasteiger partial charge in [0.25, 0.3) is 11.8 Å². The predicted molar refractivity (Wildman–Crippen MR) is 122 cm³/mol. The minimum Gasteiger partial charge on any atom is -0.355 e. The molecule has 0 spiro atoms. The number of hydrogen-bond acceptors (Lipinski definition) is 5. The molecule has 2 amide bonds. The molecule has 7 heteroatoms. The number of aromatic nitrogens is 2. The number of aryl methyl sites for hydroxylation is 1. The van der Waals surface area contributed by atoms with Crippen molar-refractivity contribution < 1.29 is 9.59 Å². The highest BCUT2D eigenvalue weighted by Crippen LogP contribution is 2.27. The Kier molecular flexibility index (Phi) is 5.57. The number of anilines is 3. The second kappa shape index (κ2) is 8.62. The molecule has 3 N–H and O–H groups in total. The molecule has 0 aliphatic heterocycles. The van der Waals surface area contributed by atoms with E-state index in [2.05, 4.69) is 25.9 Å². The smallest absolute Gasteiger partial charge is 0.257 e. The third kappa shape index (κ3) is 4.20. The van der Waals surface area contributed by atoms with Crippen LogP contribution in [-0.4, -0.2) is 28.8 Å². The van der Waals surface area contributed by atoms with E-state index in [1.54, 1.807) is 19.3 Å². The molecule has 0 saturated carbocycles. The second-order valence-electron chi connectivity index (χ2n) is 7.00. The van der Waals surface area contributed by atoms with E-state index in [9.17, 15) is 9.59 Å². The maximum Gasteiger partial charge on any atom is 0.257 e. The minimum atomic E-state index is -0.340. The first-order valence-corrected chi connectivity index (χ1v) is 9.75. The van der Waals surface area contributed by atoms with E-state index in [0.29, 0.717) is 22.6 Å². The zero-order valence-electron chi connectivity index (χ0n) is 17.1. The van der Waals surface area contributed by atoms with Crippen molar-refractivity contribution >= 4 is 39.8 Å². The Bertz CT molecular complexity index is 1280. The predicted octanol–water partition coefficient (Wildman–Crippen LogP) is 4.29. The van der Waals surface area contributed by atoms with Gasteiger partial charge < -0.3 is 16.0 Å². The van der Waals surface area contributed by atoms with Gasteiger partial charge in [-0.2, -0.15) is 0 Å². The van der Waals surface area contributed by atoms with Gasteiger partial charge in [-0.3, -0.25) is 14.6 Å². The first-order chi connectivity index (χ1) is 15.1. The molecule has 0 bridgehead atoms. The molecule has 0 saturated heterocycles. The summed E-state index contributed by atoms with van der Waals surface area (Å²) in [5, 5.41) is 10.4. The van der Waals surface area contributed by atoms with Gasteiger partial charge in [0.2, 0.25) is 0 Å². The summed E-state index contributed by atoms with van der Waals surface area (Å²) < 4.78 is 0. The zero-order chi connectivity index (χ0) is 21.8. The SMILES string of the molecule is CNC(=O)c1cnc(Nc2ccccc2C)c(NC(=O)c2cncc3ccccc23)c1. The third-order valence-corrected chi connectivity index (χ3v) is 4.94. The van der Waals surface area contributed by atoms with Gasteiger partial charge >= 0.3 is 0 Å². The topological polar surface area (TPSA) is 96.0 Å². The van der Waals surface area contributed by atoms with E-state index >= 15 is 0 Å². The lowest BCUT2D eigenvalue weighted by atomic mass is 10.1. The van der Waals surface area contributed by atoms with Crippen LogP contribution in [0.3, 0.4) is 0 Å². The lowest BCUT2D eigenvalue weighted by molar-refractivity contribution is 0.0961. The van der Waals surface area contributed by atoms with Gasteiger partial charge in [-0.15, -0.1) is 0 Å². The van der Waals surface area contributed by atoms with Crippen LogP contribution in [0.2, 0.25) is 0 Å². The van der Waals surface area contributed by atoms with Crippen molar-refractivity contribution in [2.24, 2.45) is 0 Å². The molecule has 0 aliphatic carbocycles. The normalized spacial score (nSPS) is 10.5. The maximum absolute atomic E-state index is 13.1. The maximum atomic E-state index is 13.1. The highest BCUT2D eigenvalue weighted by atomic mass is 16.2. The standard InChI is InChI=1S/C24H21N5O2/c1-15-7-3-6-10-20(15)28-22-21(11-17(13-27-22)23(30)25-2)29-24(31)19-14-26-12-16-8-4-5-9-18(16)19/h3-14H,1-2H3,(H,25,30)(H,27,28)(H,29,31). The van der Waals surface area contributed by atoms with Gasteiger partial charge in [-0.25, -0.2) is 4.98 Å². The molecule has 2 aromatic heterocycles. The summed E-state index contributed by atoms with van der Waals surface area (Å²) in [7, 11) is 1.54. The lowest BCUT2D eigenvalue weighted by Gasteiger charge is -2.15. The highest BCUT2D eigenvalue weighted by Gasteiger charge is 2.16. The summed E-state index contributed by atoms with van der Waals surface area (Å²) in [5.74, 6) is -0.200. The van der Waals surface area contributed by atoms with Gasteiger partial charge in [-0.05, 0) is 30.0 Å². The van der Waals surface area contributed by atoms with Crippen LogP contribution in [0.15, 0.2) is 73.2 Å². The molecule has 0 fully saturated rings. The molecule has 7 nitrogen and oxygen atoms in total. The van der Waals surface area contributed by atoms with Crippen molar-refractivity contribution in [1.82, 2.24) is 15.3 Å². The van der Waals surface area contributed by atoms with Crippen molar-refractivity contribution in [1.29, 1.82) is 0 Å². The number of hydrogen-bond donors (Lipinski definition) is 3. The quantitative estimate of drug-likeness (QED) is 0.455. The second-order valence-corrected chi connectivity index (χ2v) is 7.00. The van der Waals surface area contributed by atoms with Crippen LogP contribution in [0, 0.1) is 6.92 Å². The Morgan fingerprint density at radius 1 is 0.871 bits per heavy atom. The van der Waals surface area contributed by atoms with E-state index in [0.717, 1.165) is 22.0 Å². The van der Waals surface area contributed by atoms with E-state index in [-0.39, 0.29) is 11.8 Å². The van der Waals surface area contributed by atoms with Crippen molar-refractivity contribution in [3.05, 3.63) is 89.9 Å². The number of amides is 2. The Hall–Kier alpha value is -4.26. The molecule has 0 radical (unpaired) electrons. The molecule has 0 unspecified atom stereocenters. The number of carbonyl (C=O) groups is 2. The van der Waals surface area contributed by atoms with Crippen molar-refractivity contribution in [2.75, 3.05) is 17.7 Å². The number of nitrogens with one attached hydrogen (secondary N) is 3. The molecular formula is C24H21N5O2. The Morgan fingerprint density at radius 3 is 2.45 bits per heavy atom. The van der Waals surface area contributed by atoms with Gasteiger partial charge in [0.1, 0.15) is 0 Å². The van der Waals surface area contributed by atoms with Gasteiger partial charge in [-0.1, -0.05) is 42.5 Å². The molecule has 31 heavy (non-hydrogen) atoms. The molecule has 2 heterocycles.